The summed E-state index contributed by atoms with van der Waals surface area (Å²) < 4.78 is 3.02. The van der Waals surface area contributed by atoms with Gasteiger partial charge in [0.15, 0.2) is 0 Å². The van der Waals surface area contributed by atoms with Crippen LogP contribution in [0.5, 0.6) is 0 Å². The zero-order valence-corrected chi connectivity index (χ0v) is 12.1. The van der Waals surface area contributed by atoms with Gasteiger partial charge in [0, 0.05) is 22.8 Å². The van der Waals surface area contributed by atoms with E-state index in [9.17, 15) is 0 Å². The first-order valence-corrected chi connectivity index (χ1v) is 7.20. The van der Waals surface area contributed by atoms with Crippen molar-refractivity contribution in [1.29, 1.82) is 5.26 Å². The van der Waals surface area contributed by atoms with Crippen LogP contribution in [0.1, 0.15) is 19.3 Å². The Hall–Kier alpha value is -1.60. The third-order valence-corrected chi connectivity index (χ3v) is 4.25. The van der Waals surface area contributed by atoms with E-state index in [1.165, 1.54) is 0 Å². The van der Waals surface area contributed by atoms with Crippen molar-refractivity contribution in [2.45, 2.75) is 25.8 Å². The number of hydrogen-bond donors (Lipinski definition) is 0. The molecule has 4 heteroatoms. The van der Waals surface area contributed by atoms with E-state index < -0.39 is 0 Å². The maximum Gasteiger partial charge on any atom is 0.0690 e. The minimum absolute atomic E-state index is 0.0519. The third-order valence-electron chi connectivity index (χ3n) is 3.72. The molecule has 1 fully saturated rings. The van der Waals surface area contributed by atoms with Gasteiger partial charge < -0.3 is 0 Å². The van der Waals surface area contributed by atoms with Gasteiger partial charge in [0.1, 0.15) is 0 Å². The molecular formula is C15H14BrN3. The van der Waals surface area contributed by atoms with E-state index in [2.05, 4.69) is 45.4 Å². The molecule has 0 spiro atoms. The van der Waals surface area contributed by atoms with E-state index in [0.717, 1.165) is 41.4 Å². The molecule has 1 aliphatic rings. The molecule has 0 unspecified atom stereocenters. The van der Waals surface area contributed by atoms with E-state index in [1.54, 1.807) is 0 Å². The SMILES string of the molecule is N#CC1(CCn2cc(-c3ccc(Br)cc3)cn2)CC1. The smallest absolute Gasteiger partial charge is 0.0690 e. The summed E-state index contributed by atoms with van der Waals surface area (Å²) in [7, 11) is 0. The number of aromatic nitrogens is 2. The van der Waals surface area contributed by atoms with Gasteiger partial charge in [0.05, 0.1) is 17.7 Å². The van der Waals surface area contributed by atoms with Crippen LogP contribution in [0, 0.1) is 16.7 Å². The van der Waals surface area contributed by atoms with Crippen LogP contribution in [0.15, 0.2) is 41.1 Å². The van der Waals surface area contributed by atoms with Crippen molar-refractivity contribution in [2.75, 3.05) is 0 Å². The first-order chi connectivity index (χ1) is 9.21. The molecule has 0 radical (unpaired) electrons. The maximum absolute atomic E-state index is 9.06. The maximum atomic E-state index is 9.06. The van der Waals surface area contributed by atoms with Crippen molar-refractivity contribution < 1.29 is 0 Å². The van der Waals surface area contributed by atoms with Crippen molar-refractivity contribution in [3.05, 3.63) is 41.1 Å². The second-order valence-electron chi connectivity index (χ2n) is 5.14. The predicted octanol–water partition coefficient (Wildman–Crippen LogP) is 4.01. The molecule has 1 aromatic heterocycles. The number of halogens is 1. The van der Waals surface area contributed by atoms with E-state index in [-0.39, 0.29) is 5.41 Å². The second kappa shape index (κ2) is 4.82. The lowest BCUT2D eigenvalue weighted by Gasteiger charge is -2.04. The largest absolute Gasteiger partial charge is 0.272 e. The monoisotopic (exact) mass is 315 g/mol. The number of nitrogens with zero attached hydrogens (tertiary/aromatic N) is 3. The molecule has 2 aromatic rings. The standard InChI is InChI=1S/C15H14BrN3/c16-14-3-1-12(2-4-14)13-9-18-19(10-13)8-7-15(11-17)5-6-15/h1-4,9-10H,5-8H2. The zero-order chi connectivity index (χ0) is 13.3. The predicted molar refractivity (Wildman–Crippen MR) is 77.3 cm³/mol. The molecule has 1 aromatic carbocycles. The normalized spacial score (nSPS) is 16.0. The van der Waals surface area contributed by atoms with Gasteiger partial charge in [-0.25, -0.2) is 0 Å². The summed E-state index contributed by atoms with van der Waals surface area (Å²) in [6, 6.07) is 10.6. The third kappa shape index (κ3) is 2.71. The molecule has 0 N–H and O–H groups in total. The van der Waals surface area contributed by atoms with Gasteiger partial charge >= 0.3 is 0 Å². The van der Waals surface area contributed by atoms with Gasteiger partial charge in [-0.05, 0) is 37.0 Å². The molecule has 0 aliphatic heterocycles. The van der Waals surface area contributed by atoms with Gasteiger partial charge in [-0.2, -0.15) is 10.4 Å². The summed E-state index contributed by atoms with van der Waals surface area (Å²) in [4.78, 5) is 0. The Bertz CT molecular complexity index is 618. The summed E-state index contributed by atoms with van der Waals surface area (Å²) >= 11 is 3.43. The van der Waals surface area contributed by atoms with Crippen LogP contribution in [0.3, 0.4) is 0 Å². The highest BCUT2D eigenvalue weighted by Crippen LogP contribution is 2.48. The quantitative estimate of drug-likeness (QED) is 0.855. The van der Waals surface area contributed by atoms with Crippen LogP contribution in [0.2, 0.25) is 0 Å². The Labute approximate surface area is 121 Å². The molecule has 3 rings (SSSR count). The van der Waals surface area contributed by atoms with Crippen molar-refractivity contribution in [1.82, 2.24) is 9.78 Å². The molecule has 0 saturated heterocycles. The topological polar surface area (TPSA) is 41.6 Å². The number of nitriles is 1. The molecule has 96 valence electrons. The van der Waals surface area contributed by atoms with Gasteiger partial charge in [0.2, 0.25) is 0 Å². The van der Waals surface area contributed by atoms with Crippen LogP contribution >= 0.6 is 15.9 Å². The summed E-state index contributed by atoms with van der Waals surface area (Å²) in [6.07, 6.45) is 6.94. The molecule has 0 amide bonds. The van der Waals surface area contributed by atoms with Crippen molar-refractivity contribution in [3.8, 4) is 17.2 Å². The first-order valence-electron chi connectivity index (χ1n) is 6.40. The lowest BCUT2D eigenvalue weighted by Crippen LogP contribution is -2.05. The first kappa shape index (κ1) is 12.4. The summed E-state index contributed by atoms with van der Waals surface area (Å²) in [6.45, 7) is 0.824. The molecular weight excluding hydrogens is 302 g/mol. The van der Waals surface area contributed by atoms with E-state index in [4.69, 9.17) is 5.26 Å². The summed E-state index contributed by atoms with van der Waals surface area (Å²) in [5.74, 6) is 0. The number of hydrogen-bond acceptors (Lipinski definition) is 2. The minimum atomic E-state index is -0.0519. The molecule has 19 heavy (non-hydrogen) atoms. The Morgan fingerprint density at radius 1 is 1.26 bits per heavy atom. The lowest BCUT2D eigenvalue weighted by atomic mass is 10.1. The number of benzene rings is 1. The fourth-order valence-electron chi connectivity index (χ4n) is 2.17. The van der Waals surface area contributed by atoms with Gasteiger partial charge in [0.25, 0.3) is 0 Å². The molecule has 1 aliphatic carbocycles. The van der Waals surface area contributed by atoms with E-state index in [0.29, 0.717) is 0 Å². The number of rotatable bonds is 4. The fourth-order valence-corrected chi connectivity index (χ4v) is 2.44. The Balaban J connectivity index is 1.69. The molecule has 0 bridgehead atoms. The highest BCUT2D eigenvalue weighted by atomic mass is 79.9. The van der Waals surface area contributed by atoms with Crippen LogP contribution in [-0.2, 0) is 6.54 Å². The molecule has 3 nitrogen and oxygen atoms in total. The van der Waals surface area contributed by atoms with Crippen LogP contribution < -0.4 is 0 Å². The van der Waals surface area contributed by atoms with Crippen LogP contribution in [-0.4, -0.2) is 9.78 Å². The Kier molecular flexibility index (Phi) is 3.16. The van der Waals surface area contributed by atoms with Gasteiger partial charge in [-0.1, -0.05) is 28.1 Å². The number of aryl methyl sites for hydroxylation is 1. The van der Waals surface area contributed by atoms with Crippen molar-refractivity contribution >= 4 is 15.9 Å². The van der Waals surface area contributed by atoms with Crippen LogP contribution in [0.25, 0.3) is 11.1 Å². The molecule has 0 atom stereocenters. The molecule has 1 saturated carbocycles. The second-order valence-corrected chi connectivity index (χ2v) is 6.06. The summed E-state index contributed by atoms with van der Waals surface area (Å²) in [5, 5.41) is 13.4. The van der Waals surface area contributed by atoms with Crippen molar-refractivity contribution in [3.63, 3.8) is 0 Å². The Morgan fingerprint density at radius 2 is 2.00 bits per heavy atom. The molecule has 1 heterocycles. The lowest BCUT2D eigenvalue weighted by molar-refractivity contribution is 0.489. The minimum Gasteiger partial charge on any atom is -0.272 e. The summed E-state index contributed by atoms with van der Waals surface area (Å²) in [5.41, 5.74) is 2.23. The van der Waals surface area contributed by atoms with E-state index in [1.807, 2.05) is 23.0 Å². The highest BCUT2D eigenvalue weighted by Gasteiger charge is 2.42. The average molecular weight is 316 g/mol. The zero-order valence-electron chi connectivity index (χ0n) is 10.5. The fraction of sp³-hybridized carbons (Fsp3) is 0.333. The van der Waals surface area contributed by atoms with Crippen LogP contribution in [0.4, 0.5) is 0 Å². The highest BCUT2D eigenvalue weighted by molar-refractivity contribution is 9.10. The average Bonchev–Trinajstić information content (AvgIpc) is 3.07. The van der Waals surface area contributed by atoms with E-state index >= 15 is 0 Å². The van der Waals surface area contributed by atoms with Gasteiger partial charge in [-0.15, -0.1) is 0 Å². The van der Waals surface area contributed by atoms with Crippen molar-refractivity contribution in [2.24, 2.45) is 5.41 Å². The Morgan fingerprint density at radius 3 is 2.63 bits per heavy atom. The van der Waals surface area contributed by atoms with Gasteiger partial charge in [-0.3, -0.25) is 4.68 Å².